The molecule has 2 rings (SSSR count). The second-order valence-electron chi connectivity index (χ2n) is 4.83. The minimum atomic E-state index is -0.652. The van der Waals surface area contributed by atoms with Gasteiger partial charge >= 0.3 is 5.97 Å². The lowest BCUT2D eigenvalue weighted by Crippen LogP contribution is -2.38. The van der Waals surface area contributed by atoms with Gasteiger partial charge in [0.15, 0.2) is 0 Å². The van der Waals surface area contributed by atoms with E-state index >= 15 is 0 Å². The summed E-state index contributed by atoms with van der Waals surface area (Å²) in [6.45, 7) is 1.80. The number of ether oxygens (including phenoxy) is 2. The number of nitrogens with one attached hydrogen (secondary N) is 1. The number of halogens is 1. The highest BCUT2D eigenvalue weighted by molar-refractivity contribution is 14.1. The van der Waals surface area contributed by atoms with Gasteiger partial charge in [0.25, 0.3) is 0 Å². The van der Waals surface area contributed by atoms with Crippen molar-refractivity contribution in [1.29, 1.82) is 0 Å². The lowest BCUT2D eigenvalue weighted by Gasteiger charge is -2.21. The van der Waals surface area contributed by atoms with E-state index in [4.69, 9.17) is 9.47 Å². The van der Waals surface area contributed by atoms with Crippen molar-refractivity contribution in [2.45, 2.75) is 31.6 Å². The van der Waals surface area contributed by atoms with Crippen molar-refractivity contribution in [2.75, 3.05) is 13.7 Å². The Morgan fingerprint density at radius 2 is 2.30 bits per heavy atom. The van der Waals surface area contributed by atoms with E-state index in [1.165, 1.54) is 6.92 Å². The SMILES string of the molecule is COc1ccc(CC2NCC(O)C2OC(C)=O)cc1I. The number of benzene rings is 1. The number of rotatable bonds is 4. The number of hydrogen-bond donors (Lipinski definition) is 2. The molecular weight excluding hydrogens is 373 g/mol. The quantitative estimate of drug-likeness (QED) is 0.595. The Hall–Kier alpha value is -0.860. The maximum absolute atomic E-state index is 11.1. The van der Waals surface area contributed by atoms with Crippen LogP contribution in [-0.2, 0) is 16.0 Å². The molecule has 0 radical (unpaired) electrons. The summed E-state index contributed by atoms with van der Waals surface area (Å²) in [5.74, 6) is 0.470. The predicted octanol–water partition coefficient (Wildman–Crippen LogP) is 1.11. The average Bonchev–Trinajstić information content (AvgIpc) is 2.71. The Balaban J connectivity index is 2.08. The number of β-amino-alcohol motifs (C(OH)–C–C–N with tert-alkyl or cyclic N) is 1. The molecule has 1 aromatic rings. The molecule has 0 amide bonds. The van der Waals surface area contributed by atoms with Crippen LogP contribution in [0.15, 0.2) is 18.2 Å². The zero-order chi connectivity index (χ0) is 14.7. The molecule has 110 valence electrons. The number of aliphatic hydroxyl groups excluding tert-OH is 1. The van der Waals surface area contributed by atoms with Crippen LogP contribution < -0.4 is 10.1 Å². The molecule has 1 aliphatic rings. The Kier molecular flexibility index (Phi) is 5.22. The van der Waals surface area contributed by atoms with Gasteiger partial charge in [0.1, 0.15) is 18.0 Å². The first-order valence-electron chi connectivity index (χ1n) is 6.42. The van der Waals surface area contributed by atoms with E-state index in [1.54, 1.807) is 7.11 Å². The van der Waals surface area contributed by atoms with Gasteiger partial charge in [0.2, 0.25) is 0 Å². The van der Waals surface area contributed by atoms with E-state index in [2.05, 4.69) is 27.9 Å². The normalized spacial score (nSPS) is 25.5. The van der Waals surface area contributed by atoms with E-state index in [9.17, 15) is 9.90 Å². The van der Waals surface area contributed by atoms with Crippen molar-refractivity contribution in [3.05, 3.63) is 27.3 Å². The van der Waals surface area contributed by atoms with Crippen LogP contribution in [-0.4, -0.2) is 43.0 Å². The van der Waals surface area contributed by atoms with Crippen molar-refractivity contribution in [3.8, 4) is 5.75 Å². The van der Waals surface area contributed by atoms with Gasteiger partial charge in [0.05, 0.1) is 16.7 Å². The Morgan fingerprint density at radius 1 is 1.55 bits per heavy atom. The lowest BCUT2D eigenvalue weighted by molar-refractivity contribution is -0.151. The molecule has 2 N–H and O–H groups in total. The second kappa shape index (κ2) is 6.73. The van der Waals surface area contributed by atoms with Gasteiger partial charge in [0, 0.05) is 13.5 Å². The molecular formula is C14H18INO4. The monoisotopic (exact) mass is 391 g/mol. The van der Waals surface area contributed by atoms with Crippen molar-refractivity contribution in [2.24, 2.45) is 0 Å². The highest BCUT2D eigenvalue weighted by atomic mass is 127. The molecule has 5 nitrogen and oxygen atoms in total. The summed E-state index contributed by atoms with van der Waals surface area (Å²) in [4.78, 5) is 11.1. The molecule has 3 atom stereocenters. The molecule has 6 heteroatoms. The fraction of sp³-hybridized carbons (Fsp3) is 0.500. The van der Waals surface area contributed by atoms with Gasteiger partial charge in [-0.15, -0.1) is 0 Å². The highest BCUT2D eigenvalue weighted by Crippen LogP contribution is 2.24. The van der Waals surface area contributed by atoms with Crippen LogP contribution in [0.2, 0.25) is 0 Å². The van der Waals surface area contributed by atoms with E-state index in [-0.39, 0.29) is 12.0 Å². The fourth-order valence-corrected chi connectivity index (χ4v) is 3.20. The zero-order valence-electron chi connectivity index (χ0n) is 11.4. The third-order valence-corrected chi connectivity index (χ3v) is 4.18. The number of carbonyl (C=O) groups excluding carboxylic acids is 1. The molecule has 0 aliphatic carbocycles. The smallest absolute Gasteiger partial charge is 0.303 e. The van der Waals surface area contributed by atoms with Crippen LogP contribution in [0, 0.1) is 3.57 Å². The standard InChI is InChI=1S/C14H18INO4/c1-8(17)20-14-11(16-7-12(14)18)6-9-3-4-13(19-2)10(15)5-9/h3-5,11-12,14,16,18H,6-7H2,1-2H3. The highest BCUT2D eigenvalue weighted by Gasteiger charge is 2.37. The van der Waals surface area contributed by atoms with Crippen molar-refractivity contribution < 1.29 is 19.4 Å². The summed E-state index contributed by atoms with van der Waals surface area (Å²) in [6.07, 6.45) is -0.455. The first-order valence-corrected chi connectivity index (χ1v) is 7.50. The van der Waals surface area contributed by atoms with Crippen molar-refractivity contribution in [1.82, 2.24) is 5.32 Å². The van der Waals surface area contributed by atoms with Crippen molar-refractivity contribution >= 4 is 28.6 Å². The van der Waals surface area contributed by atoms with E-state index in [0.29, 0.717) is 13.0 Å². The van der Waals surface area contributed by atoms with Gasteiger partial charge in [-0.1, -0.05) is 6.07 Å². The minimum Gasteiger partial charge on any atom is -0.496 e. The molecule has 1 aromatic carbocycles. The van der Waals surface area contributed by atoms with Crippen molar-refractivity contribution in [3.63, 3.8) is 0 Å². The molecule has 1 saturated heterocycles. The number of methoxy groups -OCH3 is 1. The molecule has 20 heavy (non-hydrogen) atoms. The Bertz CT molecular complexity index is 494. The number of esters is 1. The van der Waals surface area contributed by atoms with Crippen LogP contribution in [0.5, 0.6) is 5.75 Å². The van der Waals surface area contributed by atoms with Gasteiger partial charge in [-0.25, -0.2) is 0 Å². The summed E-state index contributed by atoms with van der Waals surface area (Å²) in [7, 11) is 1.64. The minimum absolute atomic E-state index is 0.0712. The summed E-state index contributed by atoms with van der Waals surface area (Å²) in [6, 6.07) is 5.87. The van der Waals surface area contributed by atoms with Crippen LogP contribution in [0.3, 0.4) is 0 Å². The maximum atomic E-state index is 11.1. The molecule has 0 bridgehead atoms. The third kappa shape index (κ3) is 3.62. The molecule has 0 aromatic heterocycles. The van der Waals surface area contributed by atoms with E-state index < -0.39 is 12.2 Å². The molecule has 1 heterocycles. The van der Waals surface area contributed by atoms with Gasteiger partial charge < -0.3 is 19.9 Å². The predicted molar refractivity (Wildman–Crippen MR) is 82.8 cm³/mol. The summed E-state index contributed by atoms with van der Waals surface area (Å²) in [5, 5.41) is 13.1. The van der Waals surface area contributed by atoms with Crippen LogP contribution >= 0.6 is 22.6 Å². The fourth-order valence-electron chi connectivity index (χ4n) is 2.40. The summed E-state index contributed by atoms with van der Waals surface area (Å²) < 4.78 is 11.5. The summed E-state index contributed by atoms with van der Waals surface area (Å²) >= 11 is 2.22. The lowest BCUT2D eigenvalue weighted by atomic mass is 10.0. The Labute approximate surface area is 131 Å². The first kappa shape index (κ1) is 15.5. The zero-order valence-corrected chi connectivity index (χ0v) is 13.6. The van der Waals surface area contributed by atoms with E-state index in [0.717, 1.165) is 14.9 Å². The number of carbonyl (C=O) groups is 1. The number of aliphatic hydroxyl groups is 1. The van der Waals surface area contributed by atoms with Crippen LogP contribution in [0.4, 0.5) is 0 Å². The third-order valence-electron chi connectivity index (χ3n) is 3.34. The second-order valence-corrected chi connectivity index (χ2v) is 5.99. The van der Waals surface area contributed by atoms with Gasteiger partial charge in [-0.2, -0.15) is 0 Å². The molecule has 1 aliphatic heterocycles. The largest absolute Gasteiger partial charge is 0.496 e. The molecule has 0 saturated carbocycles. The molecule has 1 fully saturated rings. The number of hydrogen-bond acceptors (Lipinski definition) is 5. The average molecular weight is 391 g/mol. The Morgan fingerprint density at radius 3 is 2.90 bits per heavy atom. The maximum Gasteiger partial charge on any atom is 0.303 e. The molecule has 0 spiro atoms. The molecule has 3 unspecified atom stereocenters. The van der Waals surface area contributed by atoms with Crippen LogP contribution in [0.25, 0.3) is 0 Å². The van der Waals surface area contributed by atoms with E-state index in [1.807, 2.05) is 18.2 Å². The van der Waals surface area contributed by atoms with Crippen LogP contribution in [0.1, 0.15) is 12.5 Å². The first-order chi connectivity index (χ1) is 9.51. The topological polar surface area (TPSA) is 67.8 Å². The summed E-state index contributed by atoms with van der Waals surface area (Å²) in [5.41, 5.74) is 1.11. The van der Waals surface area contributed by atoms with Gasteiger partial charge in [-0.05, 0) is 46.7 Å². The van der Waals surface area contributed by atoms with Gasteiger partial charge in [-0.3, -0.25) is 4.79 Å².